The van der Waals surface area contributed by atoms with E-state index in [0.29, 0.717) is 32.0 Å². The molecule has 3 aliphatic rings. The molecule has 1 aromatic heterocycles. The number of fused-ring (bicyclic) bond motifs is 1. The van der Waals surface area contributed by atoms with Crippen LogP contribution in [0.2, 0.25) is 0 Å². The maximum absolute atomic E-state index is 13.9. The molecule has 0 spiro atoms. The third-order valence-corrected chi connectivity index (χ3v) is 7.64. The number of aromatic nitrogens is 1. The Bertz CT molecular complexity index is 918. The fourth-order valence-electron chi connectivity index (χ4n) is 4.81. The smallest absolute Gasteiger partial charge is 0.211 e. The monoisotopic (exact) mass is 437 g/mol. The molecule has 0 radical (unpaired) electrons. The Balaban J connectivity index is 1.36. The van der Waals surface area contributed by atoms with Gasteiger partial charge in [-0.3, -0.25) is 4.98 Å². The van der Waals surface area contributed by atoms with E-state index >= 15 is 0 Å². The number of rotatable bonds is 5. The Morgan fingerprint density at radius 2 is 2.00 bits per heavy atom. The molecule has 0 aliphatic carbocycles. The van der Waals surface area contributed by atoms with Crippen molar-refractivity contribution in [3.63, 3.8) is 0 Å². The summed E-state index contributed by atoms with van der Waals surface area (Å²) in [6.07, 6.45) is 8.81. The number of halogens is 1. The second-order valence-corrected chi connectivity index (χ2v) is 11.5. The largest absolute Gasteiger partial charge is 0.488 e. The second kappa shape index (κ2) is 8.20. The zero-order valence-corrected chi connectivity index (χ0v) is 18.9. The average molecular weight is 438 g/mol. The van der Waals surface area contributed by atoms with Gasteiger partial charge in [-0.05, 0) is 63.8 Å². The molecule has 0 amide bonds. The summed E-state index contributed by atoms with van der Waals surface area (Å²) in [6, 6.07) is 2.11. The third-order valence-electron chi connectivity index (χ3n) is 6.38. The van der Waals surface area contributed by atoms with Crippen LogP contribution in [-0.4, -0.2) is 73.4 Å². The molecular formula is C22H32FN3O3S. The number of ether oxygens (including phenoxy) is 1. The van der Waals surface area contributed by atoms with Gasteiger partial charge in [0.25, 0.3) is 0 Å². The molecule has 1 atom stereocenters. The van der Waals surface area contributed by atoms with Crippen molar-refractivity contribution in [1.82, 2.24) is 14.2 Å². The maximum atomic E-state index is 13.9. The lowest BCUT2D eigenvalue weighted by molar-refractivity contribution is 0.0606. The number of sulfonamides is 1. The molecule has 4 heterocycles. The molecule has 4 rings (SSSR count). The van der Waals surface area contributed by atoms with Crippen LogP contribution in [0.15, 0.2) is 18.3 Å². The molecule has 0 unspecified atom stereocenters. The van der Waals surface area contributed by atoms with Gasteiger partial charge in [-0.25, -0.2) is 12.8 Å². The summed E-state index contributed by atoms with van der Waals surface area (Å²) in [5.41, 5.74) is 2.06. The first kappa shape index (κ1) is 21.7. The van der Waals surface area contributed by atoms with Crippen LogP contribution in [0.3, 0.4) is 0 Å². The summed E-state index contributed by atoms with van der Waals surface area (Å²) in [6.45, 7) is 6.51. The van der Waals surface area contributed by atoms with E-state index in [2.05, 4.69) is 16.0 Å². The number of alkyl halides is 1. The minimum atomic E-state index is -3.15. The molecule has 0 bridgehead atoms. The van der Waals surface area contributed by atoms with Crippen molar-refractivity contribution in [2.24, 2.45) is 5.92 Å². The summed E-state index contributed by atoms with van der Waals surface area (Å²) in [7, 11) is -3.15. The minimum absolute atomic E-state index is 0.165. The molecule has 0 saturated carbocycles. The van der Waals surface area contributed by atoms with Crippen molar-refractivity contribution < 1.29 is 17.5 Å². The van der Waals surface area contributed by atoms with Gasteiger partial charge in [0.05, 0.1) is 18.1 Å². The second-order valence-electron chi connectivity index (χ2n) is 9.47. The number of nitrogens with zero attached hydrogens (tertiary/aromatic N) is 3. The van der Waals surface area contributed by atoms with Crippen molar-refractivity contribution >= 4 is 15.6 Å². The zero-order valence-electron chi connectivity index (χ0n) is 18.1. The number of hydrogen-bond acceptors (Lipinski definition) is 5. The number of piperidine rings is 1. The fourth-order valence-corrected chi connectivity index (χ4v) is 5.58. The summed E-state index contributed by atoms with van der Waals surface area (Å²) in [4.78, 5) is 6.80. The van der Waals surface area contributed by atoms with Crippen LogP contribution >= 0.6 is 0 Å². The first-order chi connectivity index (χ1) is 14.1. The van der Waals surface area contributed by atoms with Crippen molar-refractivity contribution in [1.29, 1.82) is 0 Å². The standard InChI is InChI=1S/C22H32FN3O3S/c1-22(2,23)15-25-8-4-17(5-9-25)20-13-18-12-19(24-14-21(18)29-20)16-6-10-26(11-7-16)30(3,27)28/h6,12,14,17,20H,4-5,7-11,13,15H2,1-3H3/t20-/m0/s1. The van der Waals surface area contributed by atoms with Gasteiger partial charge in [-0.1, -0.05) is 6.08 Å². The van der Waals surface area contributed by atoms with Crippen LogP contribution in [0.4, 0.5) is 4.39 Å². The van der Waals surface area contributed by atoms with Crippen LogP contribution in [-0.2, 0) is 16.4 Å². The molecule has 8 heteroatoms. The van der Waals surface area contributed by atoms with Crippen LogP contribution < -0.4 is 4.74 Å². The van der Waals surface area contributed by atoms with E-state index in [9.17, 15) is 12.8 Å². The van der Waals surface area contributed by atoms with Gasteiger partial charge >= 0.3 is 0 Å². The van der Waals surface area contributed by atoms with Crippen LogP contribution in [0.5, 0.6) is 5.75 Å². The van der Waals surface area contributed by atoms with E-state index in [1.165, 1.54) is 16.1 Å². The molecule has 1 fully saturated rings. The molecule has 6 nitrogen and oxygen atoms in total. The molecule has 0 N–H and O–H groups in total. The highest BCUT2D eigenvalue weighted by Crippen LogP contribution is 2.36. The normalized spacial score (nSPS) is 24.4. The molecule has 0 aromatic carbocycles. The highest BCUT2D eigenvalue weighted by Gasteiger charge is 2.34. The Morgan fingerprint density at radius 3 is 2.60 bits per heavy atom. The first-order valence-electron chi connectivity index (χ1n) is 10.8. The van der Waals surface area contributed by atoms with Gasteiger partial charge in [0, 0.05) is 31.6 Å². The Hall–Kier alpha value is -1.51. The molecule has 30 heavy (non-hydrogen) atoms. The van der Waals surface area contributed by atoms with Crippen molar-refractivity contribution in [2.45, 2.75) is 51.3 Å². The number of pyridine rings is 1. The van der Waals surface area contributed by atoms with Gasteiger partial charge in [0.2, 0.25) is 10.0 Å². The number of likely N-dealkylation sites (tertiary alicyclic amines) is 1. The first-order valence-corrected chi connectivity index (χ1v) is 12.6. The Labute approximate surface area is 179 Å². The maximum Gasteiger partial charge on any atom is 0.211 e. The fraction of sp³-hybridized carbons (Fsp3) is 0.682. The van der Waals surface area contributed by atoms with Gasteiger partial charge in [-0.2, -0.15) is 4.31 Å². The van der Waals surface area contributed by atoms with Gasteiger partial charge in [-0.15, -0.1) is 0 Å². The van der Waals surface area contributed by atoms with Gasteiger partial charge < -0.3 is 9.64 Å². The Kier molecular flexibility index (Phi) is 5.94. The lowest BCUT2D eigenvalue weighted by atomic mass is 9.88. The van der Waals surface area contributed by atoms with E-state index < -0.39 is 15.7 Å². The van der Waals surface area contributed by atoms with Gasteiger partial charge in [0.1, 0.15) is 17.5 Å². The summed E-state index contributed by atoms with van der Waals surface area (Å²) < 4.78 is 45.0. The summed E-state index contributed by atoms with van der Waals surface area (Å²) in [5, 5.41) is 0. The quantitative estimate of drug-likeness (QED) is 0.709. The van der Waals surface area contributed by atoms with Crippen molar-refractivity contribution in [3.05, 3.63) is 29.6 Å². The molecule has 166 valence electrons. The summed E-state index contributed by atoms with van der Waals surface area (Å²) in [5.74, 6) is 1.35. The van der Waals surface area contributed by atoms with Crippen molar-refractivity contribution in [2.75, 3.05) is 39.0 Å². The molecule has 1 saturated heterocycles. The lowest BCUT2D eigenvalue weighted by Gasteiger charge is -2.36. The minimum Gasteiger partial charge on any atom is -0.488 e. The lowest BCUT2D eigenvalue weighted by Crippen LogP contribution is -2.43. The van der Waals surface area contributed by atoms with E-state index in [-0.39, 0.29) is 6.10 Å². The third kappa shape index (κ3) is 5.03. The highest BCUT2D eigenvalue weighted by atomic mass is 32.2. The summed E-state index contributed by atoms with van der Waals surface area (Å²) >= 11 is 0. The van der Waals surface area contributed by atoms with E-state index in [0.717, 1.165) is 49.4 Å². The van der Waals surface area contributed by atoms with Crippen LogP contribution in [0.1, 0.15) is 44.4 Å². The van der Waals surface area contributed by atoms with Crippen LogP contribution in [0.25, 0.3) is 5.57 Å². The SMILES string of the molecule is CC(C)(F)CN1CCC([C@@H]2Cc3cc(C4=CCN(S(C)(=O)=O)CC4)ncc3O2)CC1. The highest BCUT2D eigenvalue weighted by molar-refractivity contribution is 7.88. The average Bonchev–Trinajstić information content (AvgIpc) is 3.10. The zero-order chi connectivity index (χ0) is 21.5. The van der Waals surface area contributed by atoms with E-state index in [1.54, 1.807) is 13.8 Å². The van der Waals surface area contributed by atoms with Crippen molar-refractivity contribution in [3.8, 4) is 5.75 Å². The predicted octanol–water partition coefficient (Wildman–Crippen LogP) is 2.89. The topological polar surface area (TPSA) is 62.7 Å². The Morgan fingerprint density at radius 1 is 1.27 bits per heavy atom. The van der Waals surface area contributed by atoms with E-state index in [4.69, 9.17) is 4.74 Å². The molecule has 3 aliphatic heterocycles. The van der Waals surface area contributed by atoms with Crippen LogP contribution in [0, 0.1) is 5.92 Å². The van der Waals surface area contributed by atoms with E-state index in [1.807, 2.05) is 12.3 Å². The predicted molar refractivity (Wildman–Crippen MR) is 116 cm³/mol. The number of hydrogen-bond donors (Lipinski definition) is 0. The molecule has 1 aromatic rings. The van der Waals surface area contributed by atoms with Gasteiger partial charge in [0.15, 0.2) is 0 Å². The molecular weight excluding hydrogens is 405 g/mol.